The number of aryl methyl sites for hydroxylation is 1. The first-order chi connectivity index (χ1) is 14.0. The molecule has 4 atom stereocenters. The van der Waals surface area contributed by atoms with Crippen molar-refractivity contribution in [2.45, 2.75) is 62.2 Å². The number of hydrogen-bond donors (Lipinski definition) is 2. The maximum Gasteiger partial charge on any atom is 0.166 e. The van der Waals surface area contributed by atoms with Crippen LogP contribution in [-0.4, -0.2) is 49.8 Å². The van der Waals surface area contributed by atoms with Gasteiger partial charge in [-0.3, -0.25) is 4.90 Å². The Morgan fingerprint density at radius 2 is 2.14 bits per heavy atom. The summed E-state index contributed by atoms with van der Waals surface area (Å²) in [7, 11) is 0. The van der Waals surface area contributed by atoms with E-state index in [9.17, 15) is 10.2 Å². The number of benzene rings is 1. The third-order valence-corrected chi connectivity index (χ3v) is 8.24. The van der Waals surface area contributed by atoms with E-state index in [2.05, 4.69) is 9.88 Å². The number of aliphatic hydroxyl groups is 1. The van der Waals surface area contributed by atoms with Crippen LogP contribution in [0.4, 0.5) is 0 Å². The number of likely N-dealkylation sites (tertiary alicyclic amines) is 1. The molecule has 3 aliphatic carbocycles. The number of phenolic OH excluding ortho intramolecular Hbond substituents is 1. The molecule has 1 saturated heterocycles. The lowest BCUT2D eigenvalue weighted by Gasteiger charge is -2.62. The number of rotatable bonds is 2. The lowest BCUT2D eigenvalue weighted by atomic mass is 9.49. The molecule has 2 aliphatic heterocycles. The van der Waals surface area contributed by atoms with Crippen molar-refractivity contribution in [3.63, 3.8) is 0 Å². The molecule has 29 heavy (non-hydrogen) atoms. The molecule has 2 N–H and O–H groups in total. The molecule has 1 saturated carbocycles. The predicted molar refractivity (Wildman–Crippen MR) is 105 cm³/mol. The molecule has 6 nitrogen and oxygen atoms in total. The summed E-state index contributed by atoms with van der Waals surface area (Å²) in [6.07, 6.45) is 6.28. The van der Waals surface area contributed by atoms with Crippen LogP contribution in [0.15, 0.2) is 18.3 Å². The largest absolute Gasteiger partial charge is 0.504 e. The summed E-state index contributed by atoms with van der Waals surface area (Å²) in [6.45, 7) is 3.93. The molecule has 0 amide bonds. The van der Waals surface area contributed by atoms with Gasteiger partial charge in [-0.1, -0.05) is 6.07 Å². The van der Waals surface area contributed by atoms with Crippen molar-refractivity contribution in [1.82, 2.24) is 14.9 Å². The minimum Gasteiger partial charge on any atom is -0.504 e. The topological polar surface area (TPSA) is 78.7 Å². The van der Waals surface area contributed by atoms with Gasteiger partial charge in [0, 0.05) is 30.8 Å². The Morgan fingerprint density at radius 3 is 2.97 bits per heavy atom. The van der Waals surface area contributed by atoms with E-state index in [1.165, 1.54) is 18.4 Å². The number of piperidine rings is 1. The Kier molecular flexibility index (Phi) is 2.92. The molecule has 1 spiro atoms. The van der Waals surface area contributed by atoms with Crippen molar-refractivity contribution in [3.8, 4) is 11.5 Å². The standard InChI is InChI=1S/C23H25N3O3/c1-12-24-10-15-9-23(28)17-8-14-4-5-16(27)20-18(14)22(23,21(29-20)19(15)25-12)6-7-26(17)11-13-2-3-13/h4-5,10,13,17,21,27-28H,2-3,6-9,11H2,1H3/t17?,21-,22?,23+/m0/s1. The highest BCUT2D eigenvalue weighted by Gasteiger charge is 2.72. The van der Waals surface area contributed by atoms with Crippen LogP contribution in [0.3, 0.4) is 0 Å². The van der Waals surface area contributed by atoms with E-state index >= 15 is 0 Å². The number of phenols is 1. The van der Waals surface area contributed by atoms with Crippen molar-refractivity contribution in [2.75, 3.05) is 13.1 Å². The minimum atomic E-state index is -0.942. The summed E-state index contributed by atoms with van der Waals surface area (Å²) in [6, 6.07) is 3.84. The summed E-state index contributed by atoms with van der Waals surface area (Å²) < 4.78 is 6.47. The molecule has 5 aliphatic rings. The maximum atomic E-state index is 12.5. The van der Waals surface area contributed by atoms with E-state index in [1.54, 1.807) is 6.07 Å². The maximum absolute atomic E-state index is 12.5. The number of aromatic hydroxyl groups is 1. The normalized spacial score (nSPS) is 36.3. The van der Waals surface area contributed by atoms with E-state index in [1.807, 2.05) is 19.2 Å². The fourth-order valence-electron chi connectivity index (χ4n) is 6.82. The molecule has 6 heteroatoms. The molecule has 2 unspecified atom stereocenters. The first kappa shape index (κ1) is 16.6. The highest BCUT2D eigenvalue weighted by Crippen LogP contribution is 2.68. The van der Waals surface area contributed by atoms with Gasteiger partial charge in [0.05, 0.1) is 16.7 Å². The fraction of sp³-hybridized carbons (Fsp3) is 0.565. The molecule has 2 fully saturated rings. The molecule has 0 radical (unpaired) electrons. The second-order valence-corrected chi connectivity index (χ2v) is 9.75. The first-order valence-corrected chi connectivity index (χ1v) is 10.8. The summed E-state index contributed by atoms with van der Waals surface area (Å²) in [5, 5.41) is 23.1. The molecule has 7 rings (SSSR count). The van der Waals surface area contributed by atoms with Gasteiger partial charge in [0.1, 0.15) is 5.82 Å². The molecule has 3 heterocycles. The molecule has 1 aromatic heterocycles. The van der Waals surface area contributed by atoms with Gasteiger partial charge >= 0.3 is 0 Å². The quantitative estimate of drug-likeness (QED) is 0.817. The highest BCUT2D eigenvalue weighted by atomic mass is 16.5. The smallest absolute Gasteiger partial charge is 0.166 e. The van der Waals surface area contributed by atoms with Gasteiger partial charge in [-0.2, -0.15) is 0 Å². The van der Waals surface area contributed by atoms with Crippen LogP contribution in [0.1, 0.15) is 53.6 Å². The zero-order valence-electron chi connectivity index (χ0n) is 16.6. The lowest BCUT2D eigenvalue weighted by molar-refractivity contribution is -0.173. The van der Waals surface area contributed by atoms with Gasteiger partial charge in [-0.25, -0.2) is 9.97 Å². The Morgan fingerprint density at radius 1 is 1.28 bits per heavy atom. The Labute approximate surface area is 169 Å². The summed E-state index contributed by atoms with van der Waals surface area (Å²) in [5.41, 5.74) is 2.63. The van der Waals surface area contributed by atoms with Gasteiger partial charge in [-0.05, 0) is 62.3 Å². The number of nitrogens with zero attached hydrogens (tertiary/aromatic N) is 3. The number of fused-ring (bicyclic) bond motifs is 2. The Balaban J connectivity index is 1.50. The van der Waals surface area contributed by atoms with Crippen LogP contribution < -0.4 is 4.74 Å². The zero-order chi connectivity index (χ0) is 19.5. The second-order valence-electron chi connectivity index (χ2n) is 9.75. The van der Waals surface area contributed by atoms with E-state index in [4.69, 9.17) is 9.72 Å². The average Bonchev–Trinajstić information content (AvgIpc) is 3.43. The van der Waals surface area contributed by atoms with E-state index < -0.39 is 11.0 Å². The fourth-order valence-corrected chi connectivity index (χ4v) is 6.82. The van der Waals surface area contributed by atoms with Crippen LogP contribution in [-0.2, 0) is 18.3 Å². The average molecular weight is 391 g/mol. The van der Waals surface area contributed by atoms with Crippen LogP contribution in [0.25, 0.3) is 0 Å². The van der Waals surface area contributed by atoms with Gasteiger partial charge in [-0.15, -0.1) is 0 Å². The summed E-state index contributed by atoms with van der Waals surface area (Å²) >= 11 is 0. The first-order valence-electron chi connectivity index (χ1n) is 10.8. The van der Waals surface area contributed by atoms with Gasteiger partial charge in [0.2, 0.25) is 0 Å². The molecule has 2 bridgehead atoms. The molecule has 150 valence electrons. The van der Waals surface area contributed by atoms with Crippen molar-refractivity contribution < 1.29 is 14.9 Å². The van der Waals surface area contributed by atoms with Crippen molar-refractivity contribution >= 4 is 0 Å². The zero-order valence-corrected chi connectivity index (χ0v) is 16.6. The minimum absolute atomic E-state index is 0.0559. The van der Waals surface area contributed by atoms with Crippen molar-refractivity contribution in [1.29, 1.82) is 0 Å². The van der Waals surface area contributed by atoms with E-state index in [0.29, 0.717) is 18.0 Å². The summed E-state index contributed by atoms with van der Waals surface area (Å²) in [4.78, 5) is 11.7. The van der Waals surface area contributed by atoms with Crippen molar-refractivity contribution in [2.24, 2.45) is 5.92 Å². The van der Waals surface area contributed by atoms with Gasteiger partial charge in [0.15, 0.2) is 17.6 Å². The van der Waals surface area contributed by atoms with Crippen LogP contribution in [0.2, 0.25) is 0 Å². The van der Waals surface area contributed by atoms with Crippen molar-refractivity contribution in [3.05, 3.63) is 46.5 Å². The molecule has 2 aromatic rings. The molecular weight excluding hydrogens is 366 g/mol. The van der Waals surface area contributed by atoms with E-state index in [-0.39, 0.29) is 17.9 Å². The second kappa shape index (κ2) is 5.10. The van der Waals surface area contributed by atoms with Gasteiger partial charge < -0.3 is 14.9 Å². The third-order valence-electron chi connectivity index (χ3n) is 8.24. The lowest BCUT2D eigenvalue weighted by Crippen LogP contribution is -2.74. The Bertz CT molecular complexity index is 1070. The molecule has 1 aromatic carbocycles. The predicted octanol–water partition coefficient (Wildman–Crippen LogP) is 2.19. The van der Waals surface area contributed by atoms with Crippen LogP contribution >= 0.6 is 0 Å². The molecular formula is C23H25N3O3. The van der Waals surface area contributed by atoms with Gasteiger partial charge in [0.25, 0.3) is 0 Å². The number of ether oxygens (including phenoxy) is 1. The number of hydrogen-bond acceptors (Lipinski definition) is 6. The SMILES string of the molecule is Cc1ncc2c(n1)[C@@H]1Oc3c(O)ccc4c3C13CCN(CC1CC1)C(C4)[C@]3(O)C2. The number of aromatic nitrogens is 2. The van der Waals surface area contributed by atoms with E-state index in [0.717, 1.165) is 48.7 Å². The highest BCUT2D eigenvalue weighted by molar-refractivity contribution is 5.64. The van der Waals surface area contributed by atoms with Crippen LogP contribution in [0.5, 0.6) is 11.5 Å². The third kappa shape index (κ3) is 1.86. The monoisotopic (exact) mass is 391 g/mol. The Hall–Kier alpha value is -2.18. The van der Waals surface area contributed by atoms with Crippen LogP contribution in [0, 0.1) is 12.8 Å². The summed E-state index contributed by atoms with van der Waals surface area (Å²) in [5.74, 6) is 2.22.